The van der Waals surface area contributed by atoms with E-state index in [0.717, 1.165) is 21.1 Å². The van der Waals surface area contributed by atoms with Crippen LogP contribution in [0.3, 0.4) is 0 Å². The number of rotatable bonds is 3. The maximum atomic E-state index is 11.6. The molecule has 1 aromatic heterocycles. The second-order valence-corrected chi connectivity index (χ2v) is 5.52. The number of para-hydroxylation sites is 2. The third-order valence-electron chi connectivity index (χ3n) is 3.07. The molecule has 5 nitrogen and oxygen atoms in total. The van der Waals surface area contributed by atoms with Gasteiger partial charge in [0.05, 0.1) is 11.0 Å². The molecular formula is C15H14N4OS. The second kappa shape index (κ2) is 5.49. The Kier molecular flexibility index (Phi) is 3.53. The van der Waals surface area contributed by atoms with E-state index in [9.17, 15) is 4.79 Å². The number of nitrogen functional groups attached to an aromatic ring is 1. The van der Waals surface area contributed by atoms with Crippen LogP contribution < -0.4 is 11.1 Å². The average molecular weight is 298 g/mol. The zero-order chi connectivity index (χ0) is 14.8. The third-order valence-corrected chi connectivity index (χ3v) is 4.05. The lowest BCUT2D eigenvalue weighted by Crippen LogP contribution is -2.17. The van der Waals surface area contributed by atoms with Crippen LogP contribution in [0.15, 0.2) is 52.5 Å². The minimum absolute atomic E-state index is 0.151. The average Bonchev–Trinajstić information content (AvgIpc) is 2.90. The molecule has 3 aromatic rings. The fraction of sp³-hybridized carbons (Fsp3) is 0.0667. The normalized spacial score (nSPS) is 10.7. The fourth-order valence-electron chi connectivity index (χ4n) is 2.01. The SMILES string of the molecule is CNC(=O)c1ccc(Sc2nc3ccccc3[nH]2)c(N)c1. The number of fused-ring (bicyclic) bond motifs is 1. The van der Waals surface area contributed by atoms with Gasteiger partial charge in [-0.1, -0.05) is 12.1 Å². The highest BCUT2D eigenvalue weighted by atomic mass is 32.2. The summed E-state index contributed by atoms with van der Waals surface area (Å²) in [5.74, 6) is -0.151. The van der Waals surface area contributed by atoms with Crippen LogP contribution in [-0.2, 0) is 0 Å². The molecule has 0 aliphatic rings. The van der Waals surface area contributed by atoms with Crippen molar-refractivity contribution in [1.82, 2.24) is 15.3 Å². The Bertz CT molecular complexity index is 779. The Labute approximate surface area is 126 Å². The number of aromatic nitrogens is 2. The van der Waals surface area contributed by atoms with Gasteiger partial charge in [0.1, 0.15) is 0 Å². The molecule has 0 bridgehead atoms. The van der Waals surface area contributed by atoms with Gasteiger partial charge in [0.25, 0.3) is 5.91 Å². The van der Waals surface area contributed by atoms with Crippen LogP contribution in [0.1, 0.15) is 10.4 Å². The topological polar surface area (TPSA) is 83.8 Å². The van der Waals surface area contributed by atoms with Crippen molar-refractivity contribution in [2.45, 2.75) is 10.1 Å². The molecule has 0 saturated heterocycles. The summed E-state index contributed by atoms with van der Waals surface area (Å²) in [5, 5.41) is 3.35. The van der Waals surface area contributed by atoms with Gasteiger partial charge in [-0.25, -0.2) is 4.98 Å². The van der Waals surface area contributed by atoms with Gasteiger partial charge in [-0.05, 0) is 42.1 Å². The number of hydrogen-bond donors (Lipinski definition) is 3. The zero-order valence-corrected chi connectivity index (χ0v) is 12.2. The standard InChI is InChI=1S/C15H14N4OS/c1-17-14(20)9-6-7-13(10(16)8-9)21-15-18-11-4-2-3-5-12(11)19-15/h2-8H,16H2,1H3,(H,17,20)(H,18,19). The van der Waals surface area contributed by atoms with Crippen LogP contribution >= 0.6 is 11.8 Å². The predicted molar refractivity (Wildman–Crippen MR) is 84.5 cm³/mol. The highest BCUT2D eigenvalue weighted by Crippen LogP contribution is 2.31. The number of nitrogens with zero attached hydrogens (tertiary/aromatic N) is 1. The summed E-state index contributed by atoms with van der Waals surface area (Å²) in [4.78, 5) is 20.2. The molecule has 4 N–H and O–H groups in total. The number of carbonyl (C=O) groups excluding carboxylic acids is 1. The second-order valence-electron chi connectivity index (χ2n) is 4.49. The molecule has 106 valence electrons. The van der Waals surface area contributed by atoms with Crippen LogP contribution in [0, 0.1) is 0 Å². The number of benzene rings is 2. The summed E-state index contributed by atoms with van der Waals surface area (Å²) >= 11 is 1.44. The largest absolute Gasteiger partial charge is 0.398 e. The molecule has 0 aliphatic heterocycles. The predicted octanol–water partition coefficient (Wildman–Crippen LogP) is 2.66. The van der Waals surface area contributed by atoms with Crippen molar-refractivity contribution in [3.05, 3.63) is 48.0 Å². The molecule has 6 heteroatoms. The summed E-state index contributed by atoms with van der Waals surface area (Å²) in [5.41, 5.74) is 9.02. The zero-order valence-electron chi connectivity index (χ0n) is 11.4. The highest BCUT2D eigenvalue weighted by Gasteiger charge is 2.10. The number of nitrogens with one attached hydrogen (secondary N) is 2. The van der Waals surface area contributed by atoms with Gasteiger partial charge in [0.15, 0.2) is 5.16 Å². The summed E-state index contributed by atoms with van der Waals surface area (Å²) in [6, 6.07) is 13.1. The lowest BCUT2D eigenvalue weighted by atomic mass is 10.2. The van der Waals surface area contributed by atoms with Crippen molar-refractivity contribution < 1.29 is 4.79 Å². The van der Waals surface area contributed by atoms with Crippen molar-refractivity contribution in [3.63, 3.8) is 0 Å². The first kappa shape index (κ1) is 13.5. The lowest BCUT2D eigenvalue weighted by molar-refractivity contribution is 0.0963. The third kappa shape index (κ3) is 2.71. The Morgan fingerprint density at radius 3 is 2.81 bits per heavy atom. The van der Waals surface area contributed by atoms with Gasteiger partial charge in [-0.2, -0.15) is 0 Å². The van der Waals surface area contributed by atoms with Crippen molar-refractivity contribution >= 4 is 34.4 Å². The van der Waals surface area contributed by atoms with Gasteiger partial charge in [-0.3, -0.25) is 4.79 Å². The number of hydrogen-bond acceptors (Lipinski definition) is 4. The van der Waals surface area contributed by atoms with E-state index in [2.05, 4.69) is 15.3 Å². The van der Waals surface area contributed by atoms with Crippen LogP contribution in [-0.4, -0.2) is 22.9 Å². The van der Waals surface area contributed by atoms with Gasteiger partial charge in [0, 0.05) is 23.2 Å². The summed E-state index contributed by atoms with van der Waals surface area (Å²) in [7, 11) is 1.59. The molecule has 0 spiro atoms. The maximum absolute atomic E-state index is 11.6. The van der Waals surface area contributed by atoms with E-state index < -0.39 is 0 Å². The van der Waals surface area contributed by atoms with E-state index in [0.29, 0.717) is 11.3 Å². The number of anilines is 1. The molecule has 1 amide bonds. The molecule has 3 rings (SSSR count). The first-order valence-corrected chi connectivity index (χ1v) is 7.23. The summed E-state index contributed by atoms with van der Waals surface area (Å²) < 4.78 is 0. The Balaban J connectivity index is 1.89. The fourth-order valence-corrected chi connectivity index (χ4v) is 2.84. The van der Waals surface area contributed by atoms with Crippen molar-refractivity contribution in [1.29, 1.82) is 0 Å². The molecule has 0 atom stereocenters. The van der Waals surface area contributed by atoms with Crippen LogP contribution in [0.4, 0.5) is 5.69 Å². The van der Waals surface area contributed by atoms with Gasteiger partial charge in [0.2, 0.25) is 0 Å². The van der Waals surface area contributed by atoms with Crippen molar-refractivity contribution in [3.8, 4) is 0 Å². The number of aromatic amines is 1. The Hall–Kier alpha value is -2.47. The maximum Gasteiger partial charge on any atom is 0.251 e. The minimum Gasteiger partial charge on any atom is -0.398 e. The van der Waals surface area contributed by atoms with E-state index in [1.807, 2.05) is 30.3 Å². The van der Waals surface area contributed by atoms with E-state index in [1.165, 1.54) is 11.8 Å². The van der Waals surface area contributed by atoms with Crippen molar-refractivity contribution in [2.75, 3.05) is 12.8 Å². The van der Waals surface area contributed by atoms with Gasteiger partial charge >= 0.3 is 0 Å². The first-order chi connectivity index (χ1) is 10.2. The quantitative estimate of drug-likeness (QED) is 0.649. The molecule has 2 aromatic carbocycles. The van der Waals surface area contributed by atoms with Crippen molar-refractivity contribution in [2.24, 2.45) is 0 Å². The molecule has 0 radical (unpaired) electrons. The molecule has 1 heterocycles. The van der Waals surface area contributed by atoms with Crippen LogP contribution in [0.5, 0.6) is 0 Å². The van der Waals surface area contributed by atoms with E-state index in [4.69, 9.17) is 5.73 Å². The van der Waals surface area contributed by atoms with Crippen LogP contribution in [0.25, 0.3) is 11.0 Å². The first-order valence-electron chi connectivity index (χ1n) is 6.41. The Morgan fingerprint density at radius 1 is 1.29 bits per heavy atom. The van der Waals surface area contributed by atoms with Gasteiger partial charge in [-0.15, -0.1) is 0 Å². The smallest absolute Gasteiger partial charge is 0.251 e. The summed E-state index contributed by atoms with van der Waals surface area (Å²) in [6.45, 7) is 0. The summed E-state index contributed by atoms with van der Waals surface area (Å²) in [6.07, 6.45) is 0. The van der Waals surface area contributed by atoms with Gasteiger partial charge < -0.3 is 16.0 Å². The van der Waals surface area contributed by atoms with E-state index in [-0.39, 0.29) is 5.91 Å². The Morgan fingerprint density at radius 2 is 2.10 bits per heavy atom. The molecule has 0 saturated carbocycles. The van der Waals surface area contributed by atoms with Crippen LogP contribution in [0.2, 0.25) is 0 Å². The molecule has 0 aliphatic carbocycles. The number of imidazole rings is 1. The number of H-pyrrole nitrogens is 1. The minimum atomic E-state index is -0.151. The molecule has 0 fully saturated rings. The monoisotopic (exact) mass is 298 g/mol. The molecule has 0 unspecified atom stereocenters. The highest BCUT2D eigenvalue weighted by molar-refractivity contribution is 7.99. The number of carbonyl (C=O) groups is 1. The number of nitrogens with two attached hydrogens (primary N) is 1. The molecule has 21 heavy (non-hydrogen) atoms. The van der Waals surface area contributed by atoms with E-state index in [1.54, 1.807) is 19.2 Å². The van der Waals surface area contributed by atoms with E-state index >= 15 is 0 Å². The lowest BCUT2D eigenvalue weighted by Gasteiger charge is -2.06. The number of amides is 1. The molecular weight excluding hydrogens is 284 g/mol.